The molecule has 1 aromatic heterocycles. The van der Waals surface area contributed by atoms with E-state index in [0.29, 0.717) is 0 Å². The van der Waals surface area contributed by atoms with Gasteiger partial charge >= 0.3 is 0 Å². The predicted molar refractivity (Wildman–Crippen MR) is 52.9 cm³/mol. The van der Waals surface area contributed by atoms with Crippen LogP contribution in [0.3, 0.4) is 0 Å². The number of rotatable bonds is 2. The highest BCUT2D eigenvalue weighted by atomic mass is 32.2. The lowest BCUT2D eigenvalue weighted by atomic mass is 10.2. The van der Waals surface area contributed by atoms with Crippen LogP contribution in [0.4, 0.5) is 0 Å². The Labute approximate surface area is 80.8 Å². The maximum absolute atomic E-state index is 11.2. The van der Waals surface area contributed by atoms with Crippen LogP contribution >= 0.6 is 11.8 Å². The van der Waals surface area contributed by atoms with Crippen molar-refractivity contribution in [2.24, 2.45) is 0 Å². The van der Waals surface area contributed by atoms with Gasteiger partial charge < -0.3 is 4.98 Å². The highest BCUT2D eigenvalue weighted by Crippen LogP contribution is 2.21. The molecule has 13 heavy (non-hydrogen) atoms. The van der Waals surface area contributed by atoms with Gasteiger partial charge in [-0.05, 0) is 18.2 Å². The number of nitriles is 1. The number of hydrogen-bond donors (Lipinski definition) is 1. The van der Waals surface area contributed by atoms with Gasteiger partial charge in [0.05, 0.1) is 0 Å². The maximum Gasteiger partial charge on any atom is 0.267 e. The van der Waals surface area contributed by atoms with E-state index < -0.39 is 0 Å². The molecule has 0 bridgehead atoms. The molecule has 4 heteroatoms. The van der Waals surface area contributed by atoms with Crippen LogP contribution in [0, 0.1) is 11.3 Å². The molecule has 0 atom stereocenters. The second-order valence-corrected chi connectivity index (χ2v) is 3.33. The predicted octanol–water partition coefficient (Wildman–Crippen LogP) is 1.53. The third-order valence-electron chi connectivity index (χ3n) is 1.82. The number of aryl methyl sites for hydroxylation is 1. The number of hydrogen-bond acceptors (Lipinski definition) is 3. The van der Waals surface area contributed by atoms with Crippen LogP contribution in [0.1, 0.15) is 18.1 Å². The molecule has 1 heterocycles. The molecule has 0 aromatic carbocycles. The molecule has 1 N–H and O–H groups in total. The van der Waals surface area contributed by atoms with E-state index in [1.54, 1.807) is 6.20 Å². The first kappa shape index (κ1) is 9.87. The van der Waals surface area contributed by atoms with Crippen LogP contribution in [-0.4, -0.2) is 11.2 Å². The van der Waals surface area contributed by atoms with Gasteiger partial charge in [-0.1, -0.05) is 6.92 Å². The topological polar surface area (TPSA) is 56.6 Å². The first-order chi connectivity index (χ1) is 6.24. The lowest BCUT2D eigenvalue weighted by molar-refractivity contribution is 1.01. The summed E-state index contributed by atoms with van der Waals surface area (Å²) in [5.41, 5.74) is 0.944. The van der Waals surface area contributed by atoms with Gasteiger partial charge in [-0.25, -0.2) is 0 Å². The smallest absolute Gasteiger partial charge is 0.267 e. The second kappa shape index (κ2) is 4.15. The molecular weight excluding hydrogens is 184 g/mol. The number of nitrogens with zero attached hydrogens (tertiary/aromatic N) is 1. The lowest BCUT2D eigenvalue weighted by Crippen LogP contribution is -2.12. The van der Waals surface area contributed by atoms with E-state index in [1.165, 1.54) is 11.8 Å². The summed E-state index contributed by atoms with van der Waals surface area (Å²) in [6.07, 6.45) is 4.37. The van der Waals surface area contributed by atoms with Crippen molar-refractivity contribution in [1.82, 2.24) is 4.98 Å². The summed E-state index contributed by atoms with van der Waals surface area (Å²) < 4.78 is 0. The Balaban J connectivity index is 3.48. The fourth-order valence-corrected chi connectivity index (χ4v) is 1.96. The molecular formula is C9H10N2OS. The normalized spacial score (nSPS) is 9.62. The Morgan fingerprint density at radius 1 is 1.69 bits per heavy atom. The quantitative estimate of drug-likeness (QED) is 0.726. The zero-order valence-electron chi connectivity index (χ0n) is 7.55. The zero-order chi connectivity index (χ0) is 9.84. The minimum atomic E-state index is -0.302. The molecule has 0 aliphatic carbocycles. The average Bonchev–Trinajstić information content (AvgIpc) is 2.17. The number of aromatic amines is 1. The van der Waals surface area contributed by atoms with Gasteiger partial charge in [0.25, 0.3) is 5.56 Å². The number of H-pyrrole nitrogens is 1. The van der Waals surface area contributed by atoms with Crippen LogP contribution < -0.4 is 5.56 Å². The average molecular weight is 194 g/mol. The fraction of sp³-hybridized carbons (Fsp3) is 0.333. The minimum Gasteiger partial charge on any atom is -0.328 e. The highest BCUT2D eigenvalue weighted by molar-refractivity contribution is 7.98. The molecule has 0 spiro atoms. The Hall–Kier alpha value is -1.21. The van der Waals surface area contributed by atoms with Gasteiger partial charge in [-0.2, -0.15) is 5.26 Å². The van der Waals surface area contributed by atoms with Crippen molar-refractivity contribution in [3.05, 3.63) is 27.7 Å². The summed E-state index contributed by atoms with van der Waals surface area (Å²) in [5, 5.41) is 8.77. The van der Waals surface area contributed by atoms with Gasteiger partial charge in [0.2, 0.25) is 0 Å². The molecule has 0 amide bonds. The largest absolute Gasteiger partial charge is 0.328 e. The van der Waals surface area contributed by atoms with E-state index in [2.05, 4.69) is 4.98 Å². The third-order valence-corrected chi connectivity index (χ3v) is 2.69. The molecule has 0 aliphatic heterocycles. The molecule has 1 aromatic rings. The fourth-order valence-electron chi connectivity index (χ4n) is 1.15. The summed E-state index contributed by atoms with van der Waals surface area (Å²) in [5.74, 6) is 0. The van der Waals surface area contributed by atoms with Crippen LogP contribution in [0.15, 0.2) is 15.9 Å². The van der Waals surface area contributed by atoms with Crippen molar-refractivity contribution in [3.8, 4) is 6.07 Å². The summed E-state index contributed by atoms with van der Waals surface area (Å²) >= 11 is 1.44. The number of aromatic nitrogens is 1. The second-order valence-electron chi connectivity index (χ2n) is 2.52. The van der Waals surface area contributed by atoms with E-state index in [0.717, 1.165) is 16.9 Å². The van der Waals surface area contributed by atoms with Gasteiger partial charge in [-0.15, -0.1) is 11.8 Å². The van der Waals surface area contributed by atoms with Gasteiger partial charge in [0.1, 0.15) is 11.6 Å². The SMILES string of the molecule is CCc1c[nH]c(=O)c(C#N)c1SC. The minimum absolute atomic E-state index is 0.229. The van der Waals surface area contributed by atoms with Crippen molar-refractivity contribution in [1.29, 1.82) is 5.26 Å². The summed E-state index contributed by atoms with van der Waals surface area (Å²) in [7, 11) is 0. The van der Waals surface area contributed by atoms with Crippen molar-refractivity contribution < 1.29 is 0 Å². The van der Waals surface area contributed by atoms with E-state index in [4.69, 9.17) is 5.26 Å². The first-order valence-corrected chi connectivity index (χ1v) is 5.15. The van der Waals surface area contributed by atoms with Crippen LogP contribution in [0.2, 0.25) is 0 Å². The molecule has 68 valence electrons. The maximum atomic E-state index is 11.2. The van der Waals surface area contributed by atoms with E-state index in [9.17, 15) is 4.79 Å². The van der Waals surface area contributed by atoms with Gasteiger partial charge in [0.15, 0.2) is 0 Å². The molecule has 1 rings (SSSR count). The molecule has 0 fully saturated rings. The summed E-state index contributed by atoms with van der Waals surface area (Å²) in [4.78, 5) is 14.6. The Kier molecular flexibility index (Phi) is 3.15. The third kappa shape index (κ3) is 1.76. The Morgan fingerprint density at radius 3 is 2.85 bits per heavy atom. The first-order valence-electron chi connectivity index (χ1n) is 3.93. The van der Waals surface area contributed by atoms with Crippen LogP contribution in [0.25, 0.3) is 0 Å². The lowest BCUT2D eigenvalue weighted by Gasteiger charge is -2.04. The van der Waals surface area contributed by atoms with E-state index in [-0.39, 0.29) is 11.1 Å². The Bertz CT molecular complexity index is 403. The van der Waals surface area contributed by atoms with Crippen molar-refractivity contribution in [2.45, 2.75) is 18.2 Å². The summed E-state index contributed by atoms with van der Waals surface area (Å²) in [6, 6.07) is 1.92. The monoisotopic (exact) mass is 194 g/mol. The molecule has 0 saturated heterocycles. The highest BCUT2D eigenvalue weighted by Gasteiger charge is 2.09. The molecule has 0 unspecified atom stereocenters. The molecule has 0 aliphatic rings. The van der Waals surface area contributed by atoms with Gasteiger partial charge in [-0.3, -0.25) is 4.79 Å². The van der Waals surface area contributed by atoms with Crippen LogP contribution in [0.5, 0.6) is 0 Å². The zero-order valence-corrected chi connectivity index (χ0v) is 8.36. The number of pyridine rings is 1. The number of nitrogens with one attached hydrogen (secondary N) is 1. The number of thioether (sulfide) groups is 1. The molecule has 3 nitrogen and oxygen atoms in total. The van der Waals surface area contributed by atoms with Crippen molar-refractivity contribution in [3.63, 3.8) is 0 Å². The van der Waals surface area contributed by atoms with Crippen molar-refractivity contribution in [2.75, 3.05) is 6.26 Å². The summed E-state index contributed by atoms with van der Waals surface area (Å²) in [6.45, 7) is 1.99. The van der Waals surface area contributed by atoms with Crippen molar-refractivity contribution >= 4 is 11.8 Å². The van der Waals surface area contributed by atoms with E-state index >= 15 is 0 Å². The Morgan fingerprint density at radius 2 is 2.38 bits per heavy atom. The van der Waals surface area contributed by atoms with Gasteiger partial charge in [0, 0.05) is 11.1 Å². The van der Waals surface area contributed by atoms with Crippen LogP contribution in [-0.2, 0) is 6.42 Å². The standard InChI is InChI=1S/C9H10N2OS/c1-3-6-5-11-9(12)7(4-10)8(6)13-2/h5H,3H2,1-2H3,(H,11,12). The van der Waals surface area contributed by atoms with E-state index in [1.807, 2.05) is 19.2 Å². The molecule has 0 saturated carbocycles. The molecule has 0 radical (unpaired) electrons.